The molecule has 5 rings (SSSR count). The third kappa shape index (κ3) is 3.89. The van der Waals surface area contributed by atoms with Crippen molar-refractivity contribution in [1.29, 1.82) is 0 Å². The molecule has 8 heteroatoms. The Morgan fingerprint density at radius 1 is 1.19 bits per heavy atom. The van der Waals surface area contributed by atoms with Crippen LogP contribution < -0.4 is 10.1 Å². The number of amides is 2. The zero-order chi connectivity index (χ0) is 22.1. The lowest BCUT2D eigenvalue weighted by molar-refractivity contribution is 0.0718. The highest BCUT2D eigenvalue weighted by atomic mass is 32.1. The van der Waals surface area contributed by atoms with Gasteiger partial charge in [0, 0.05) is 30.2 Å². The number of methoxy groups -OCH3 is 1. The molecule has 0 unspecified atom stereocenters. The molecule has 164 valence electrons. The van der Waals surface area contributed by atoms with Crippen LogP contribution in [0.4, 0.5) is 5.00 Å². The van der Waals surface area contributed by atoms with E-state index in [9.17, 15) is 9.59 Å². The van der Waals surface area contributed by atoms with Gasteiger partial charge in [0.15, 0.2) is 5.76 Å². The fraction of sp³-hybridized carbons (Fsp3) is 0.250. The van der Waals surface area contributed by atoms with Crippen LogP contribution in [0.1, 0.15) is 44.5 Å². The van der Waals surface area contributed by atoms with Gasteiger partial charge in [-0.2, -0.15) is 0 Å². The summed E-state index contributed by atoms with van der Waals surface area (Å²) < 4.78 is 10.5. The van der Waals surface area contributed by atoms with Gasteiger partial charge in [0.2, 0.25) is 0 Å². The van der Waals surface area contributed by atoms with Crippen LogP contribution in [0.2, 0.25) is 0 Å². The van der Waals surface area contributed by atoms with Gasteiger partial charge < -0.3 is 24.4 Å². The van der Waals surface area contributed by atoms with Crippen LogP contribution in [0, 0.1) is 0 Å². The number of carbonyl (C=O) groups excluding carboxylic acids is 2. The van der Waals surface area contributed by atoms with Crippen molar-refractivity contribution < 1.29 is 18.7 Å². The maximum absolute atomic E-state index is 13.0. The van der Waals surface area contributed by atoms with Gasteiger partial charge in [0.05, 0.1) is 23.3 Å². The Bertz CT molecular complexity index is 1250. The number of likely N-dealkylation sites (tertiary alicyclic amines) is 1. The number of aromatic amines is 1. The van der Waals surface area contributed by atoms with Crippen LogP contribution in [-0.2, 0) is 0 Å². The van der Waals surface area contributed by atoms with E-state index in [-0.39, 0.29) is 17.6 Å². The fourth-order valence-corrected chi connectivity index (χ4v) is 5.11. The lowest BCUT2D eigenvalue weighted by Gasteiger charge is -2.31. The number of piperidine rings is 1. The number of fused-ring (bicyclic) bond motifs is 1. The number of rotatable bonds is 5. The van der Waals surface area contributed by atoms with E-state index >= 15 is 0 Å². The van der Waals surface area contributed by atoms with E-state index in [1.807, 2.05) is 17.0 Å². The van der Waals surface area contributed by atoms with Crippen LogP contribution in [0.3, 0.4) is 0 Å². The van der Waals surface area contributed by atoms with Gasteiger partial charge in [-0.15, -0.1) is 11.3 Å². The minimum atomic E-state index is -0.327. The number of anilines is 1. The molecular formula is C24H23N3O4S. The van der Waals surface area contributed by atoms with Crippen molar-refractivity contribution in [2.45, 2.75) is 18.8 Å². The first-order valence-electron chi connectivity index (χ1n) is 10.5. The number of carbonyl (C=O) groups is 2. The highest BCUT2D eigenvalue weighted by molar-refractivity contribution is 7.18. The molecule has 4 heterocycles. The van der Waals surface area contributed by atoms with Gasteiger partial charge in [-0.3, -0.25) is 9.59 Å². The summed E-state index contributed by atoms with van der Waals surface area (Å²) in [5, 5.41) is 4.58. The number of hydrogen-bond acceptors (Lipinski definition) is 5. The van der Waals surface area contributed by atoms with E-state index in [2.05, 4.69) is 22.6 Å². The van der Waals surface area contributed by atoms with E-state index < -0.39 is 0 Å². The topological polar surface area (TPSA) is 87.6 Å². The Balaban J connectivity index is 1.23. The monoisotopic (exact) mass is 449 g/mol. The van der Waals surface area contributed by atoms with Gasteiger partial charge in [0.1, 0.15) is 5.75 Å². The molecule has 1 aliphatic heterocycles. The molecule has 1 aromatic carbocycles. The minimum absolute atomic E-state index is 0.00698. The predicted molar refractivity (Wildman–Crippen MR) is 124 cm³/mol. The van der Waals surface area contributed by atoms with Crippen LogP contribution in [0.25, 0.3) is 10.9 Å². The Morgan fingerprint density at radius 2 is 2.03 bits per heavy atom. The van der Waals surface area contributed by atoms with Crippen molar-refractivity contribution in [1.82, 2.24) is 9.88 Å². The molecule has 2 amide bonds. The van der Waals surface area contributed by atoms with Gasteiger partial charge in [-0.1, -0.05) is 0 Å². The van der Waals surface area contributed by atoms with Crippen molar-refractivity contribution in [3.8, 4) is 5.75 Å². The van der Waals surface area contributed by atoms with E-state index in [1.54, 1.807) is 31.4 Å². The summed E-state index contributed by atoms with van der Waals surface area (Å²) in [4.78, 5) is 31.0. The number of nitrogens with one attached hydrogen (secondary N) is 2. The molecular weight excluding hydrogens is 426 g/mol. The number of nitrogens with zero attached hydrogens (tertiary/aromatic N) is 1. The molecule has 4 aromatic rings. The van der Waals surface area contributed by atoms with Gasteiger partial charge in [0.25, 0.3) is 11.8 Å². The van der Waals surface area contributed by atoms with Crippen molar-refractivity contribution >= 4 is 39.1 Å². The summed E-state index contributed by atoms with van der Waals surface area (Å²) in [6, 6.07) is 12.8. The second kappa shape index (κ2) is 8.55. The first-order valence-corrected chi connectivity index (χ1v) is 11.3. The van der Waals surface area contributed by atoms with Gasteiger partial charge >= 0.3 is 0 Å². The molecule has 2 N–H and O–H groups in total. The van der Waals surface area contributed by atoms with E-state index in [0.29, 0.717) is 28.9 Å². The molecule has 1 aliphatic rings. The number of aromatic nitrogens is 1. The number of H-pyrrole nitrogens is 1. The number of thiophene rings is 1. The molecule has 7 nitrogen and oxygen atoms in total. The average Bonchev–Trinajstić information content (AvgIpc) is 3.59. The van der Waals surface area contributed by atoms with Crippen molar-refractivity contribution in [3.05, 3.63) is 71.1 Å². The van der Waals surface area contributed by atoms with Crippen molar-refractivity contribution in [2.24, 2.45) is 0 Å². The quantitative estimate of drug-likeness (QED) is 0.444. The number of hydrogen-bond donors (Lipinski definition) is 2. The smallest absolute Gasteiger partial charge is 0.291 e. The normalized spacial score (nSPS) is 14.6. The minimum Gasteiger partial charge on any atom is -0.497 e. The zero-order valence-electron chi connectivity index (χ0n) is 17.6. The summed E-state index contributed by atoms with van der Waals surface area (Å²) in [6.45, 7) is 1.40. The SMILES string of the molecule is COc1ccc2[nH]cc(C3CCN(C(=O)c4ccc(NC(=O)c5ccco5)s4)CC3)c2c1. The number of benzene rings is 1. The molecule has 32 heavy (non-hydrogen) atoms. The second-order valence-electron chi connectivity index (χ2n) is 7.82. The van der Waals surface area contributed by atoms with Crippen LogP contribution in [0.15, 0.2) is 59.3 Å². The maximum atomic E-state index is 13.0. The highest BCUT2D eigenvalue weighted by Gasteiger charge is 2.27. The van der Waals surface area contributed by atoms with E-state index in [4.69, 9.17) is 9.15 Å². The Labute approximate surface area is 189 Å². The largest absolute Gasteiger partial charge is 0.497 e. The van der Waals surface area contributed by atoms with Crippen LogP contribution >= 0.6 is 11.3 Å². The first kappa shape index (κ1) is 20.4. The summed E-state index contributed by atoms with van der Waals surface area (Å²) in [7, 11) is 1.68. The predicted octanol–water partition coefficient (Wildman–Crippen LogP) is 5.10. The molecule has 0 aliphatic carbocycles. The summed E-state index contributed by atoms with van der Waals surface area (Å²) in [5.41, 5.74) is 2.38. The summed E-state index contributed by atoms with van der Waals surface area (Å²) >= 11 is 1.28. The summed E-state index contributed by atoms with van der Waals surface area (Å²) in [6.07, 6.45) is 5.35. The summed E-state index contributed by atoms with van der Waals surface area (Å²) in [5.74, 6) is 1.16. The molecule has 0 bridgehead atoms. The van der Waals surface area contributed by atoms with E-state index in [1.165, 1.54) is 28.5 Å². The second-order valence-corrected chi connectivity index (χ2v) is 8.90. The molecule has 1 saturated heterocycles. The molecule has 0 atom stereocenters. The number of ether oxygens (including phenoxy) is 1. The average molecular weight is 450 g/mol. The van der Waals surface area contributed by atoms with Crippen molar-refractivity contribution in [3.63, 3.8) is 0 Å². The van der Waals surface area contributed by atoms with Crippen molar-refractivity contribution in [2.75, 3.05) is 25.5 Å². The standard InChI is InChI=1S/C24H23N3O4S/c1-30-16-4-5-19-17(13-16)18(14-25-19)15-8-10-27(11-9-15)24(29)21-6-7-22(32-21)26-23(28)20-3-2-12-31-20/h2-7,12-15,25H,8-11H2,1H3,(H,26,28). The van der Waals surface area contributed by atoms with Gasteiger partial charge in [-0.25, -0.2) is 0 Å². The Kier molecular flexibility index (Phi) is 5.45. The number of furan rings is 1. The maximum Gasteiger partial charge on any atom is 0.291 e. The first-order chi connectivity index (χ1) is 15.6. The third-order valence-electron chi connectivity index (χ3n) is 5.94. The van der Waals surface area contributed by atoms with Crippen LogP contribution in [-0.4, -0.2) is 41.9 Å². The molecule has 0 radical (unpaired) electrons. The molecule has 3 aromatic heterocycles. The third-order valence-corrected chi connectivity index (χ3v) is 6.93. The van der Waals surface area contributed by atoms with Gasteiger partial charge in [-0.05, 0) is 66.8 Å². The van der Waals surface area contributed by atoms with E-state index in [0.717, 1.165) is 24.1 Å². The Morgan fingerprint density at radius 3 is 2.78 bits per heavy atom. The molecule has 0 saturated carbocycles. The molecule has 1 fully saturated rings. The molecule has 0 spiro atoms. The lowest BCUT2D eigenvalue weighted by Crippen LogP contribution is -2.37. The zero-order valence-corrected chi connectivity index (χ0v) is 18.4. The van der Waals surface area contributed by atoms with Crippen LogP contribution in [0.5, 0.6) is 5.75 Å². The fourth-order valence-electron chi connectivity index (χ4n) is 4.24. The lowest BCUT2D eigenvalue weighted by atomic mass is 9.89. The highest BCUT2D eigenvalue weighted by Crippen LogP contribution is 2.35. The Hall–Kier alpha value is -3.52.